The second-order valence-electron chi connectivity index (χ2n) is 3.96. The first-order valence-corrected chi connectivity index (χ1v) is 5.29. The largest absolute Gasteiger partial charge is 0.473 e. The van der Waals surface area contributed by atoms with Crippen LogP contribution in [0.4, 0.5) is 5.69 Å². The molecule has 1 amide bonds. The first-order valence-electron chi connectivity index (χ1n) is 5.29. The number of hydrogen-bond acceptors (Lipinski definition) is 5. The number of hydrogen-bond donors (Lipinski definition) is 2. The predicted molar refractivity (Wildman–Crippen MR) is 65.0 cm³/mol. The Hall–Kier alpha value is -2.15. The lowest BCUT2D eigenvalue weighted by molar-refractivity contribution is -0.386. The average Bonchev–Trinajstić information content (AvgIpc) is 2.30. The van der Waals surface area contributed by atoms with E-state index in [1.807, 2.05) is 5.43 Å². The number of nitro groups is 1. The van der Waals surface area contributed by atoms with E-state index in [0.29, 0.717) is 5.56 Å². The van der Waals surface area contributed by atoms with Gasteiger partial charge in [-0.1, -0.05) is 6.07 Å². The van der Waals surface area contributed by atoms with E-state index >= 15 is 0 Å². The summed E-state index contributed by atoms with van der Waals surface area (Å²) in [6.07, 6.45) is -0.907. The van der Waals surface area contributed by atoms with Crippen LogP contribution in [0.25, 0.3) is 0 Å². The average molecular weight is 253 g/mol. The minimum Gasteiger partial charge on any atom is -0.473 e. The highest BCUT2D eigenvalue weighted by Crippen LogP contribution is 2.32. The maximum Gasteiger partial charge on any atom is 0.311 e. The van der Waals surface area contributed by atoms with Crippen molar-refractivity contribution in [3.63, 3.8) is 0 Å². The molecule has 0 fully saturated rings. The smallest absolute Gasteiger partial charge is 0.311 e. The van der Waals surface area contributed by atoms with E-state index in [2.05, 4.69) is 0 Å². The number of rotatable bonds is 4. The number of aryl methyl sites for hydroxylation is 2. The van der Waals surface area contributed by atoms with E-state index in [1.165, 1.54) is 13.0 Å². The first kappa shape index (κ1) is 13.9. The normalized spacial score (nSPS) is 11.8. The number of carbonyl (C=O) groups is 1. The van der Waals surface area contributed by atoms with Crippen molar-refractivity contribution in [3.05, 3.63) is 33.4 Å². The van der Waals surface area contributed by atoms with Gasteiger partial charge in [0, 0.05) is 6.07 Å². The monoisotopic (exact) mass is 253 g/mol. The third-order valence-corrected chi connectivity index (χ3v) is 2.40. The molecule has 0 spiro atoms. The number of amides is 1. The zero-order chi connectivity index (χ0) is 13.9. The minimum absolute atomic E-state index is 0.0849. The van der Waals surface area contributed by atoms with E-state index in [0.717, 1.165) is 5.56 Å². The van der Waals surface area contributed by atoms with Crippen LogP contribution in [0.1, 0.15) is 18.1 Å². The molecule has 18 heavy (non-hydrogen) atoms. The summed E-state index contributed by atoms with van der Waals surface area (Å²) in [4.78, 5) is 21.7. The van der Waals surface area contributed by atoms with Gasteiger partial charge < -0.3 is 4.74 Å². The number of hydrazine groups is 1. The lowest BCUT2D eigenvalue weighted by Gasteiger charge is -2.15. The Labute approximate surface area is 104 Å². The van der Waals surface area contributed by atoms with Gasteiger partial charge >= 0.3 is 5.69 Å². The van der Waals surface area contributed by atoms with Crippen molar-refractivity contribution >= 4 is 11.6 Å². The van der Waals surface area contributed by atoms with Crippen LogP contribution in [-0.4, -0.2) is 16.9 Å². The van der Waals surface area contributed by atoms with Crippen molar-refractivity contribution < 1.29 is 14.5 Å². The molecule has 1 atom stereocenters. The highest BCUT2D eigenvalue weighted by molar-refractivity contribution is 5.80. The van der Waals surface area contributed by atoms with Gasteiger partial charge in [0.2, 0.25) is 5.75 Å². The summed E-state index contributed by atoms with van der Waals surface area (Å²) in [7, 11) is 0. The van der Waals surface area contributed by atoms with Gasteiger partial charge in [-0.25, -0.2) is 5.84 Å². The van der Waals surface area contributed by atoms with Gasteiger partial charge in [-0.05, 0) is 31.9 Å². The standard InChI is InChI=1S/C11H15N3O4/c1-6-4-7(2)10(9(5-6)14(16)17)18-8(3)11(15)13-12/h4-5,8H,12H2,1-3H3,(H,13,15). The molecule has 0 aromatic heterocycles. The number of nitrogens with one attached hydrogen (secondary N) is 1. The Morgan fingerprint density at radius 1 is 1.50 bits per heavy atom. The Morgan fingerprint density at radius 2 is 2.11 bits per heavy atom. The van der Waals surface area contributed by atoms with E-state index in [4.69, 9.17) is 10.6 Å². The molecule has 3 N–H and O–H groups in total. The fourth-order valence-corrected chi connectivity index (χ4v) is 1.57. The highest BCUT2D eigenvalue weighted by atomic mass is 16.6. The molecule has 0 saturated heterocycles. The van der Waals surface area contributed by atoms with Crippen molar-refractivity contribution in [1.29, 1.82) is 0 Å². The van der Waals surface area contributed by atoms with Gasteiger partial charge in [0.05, 0.1) is 4.92 Å². The molecule has 1 aromatic rings. The van der Waals surface area contributed by atoms with Gasteiger partial charge in [0.1, 0.15) is 0 Å². The van der Waals surface area contributed by atoms with Gasteiger partial charge in [-0.2, -0.15) is 0 Å². The van der Waals surface area contributed by atoms with Crippen LogP contribution >= 0.6 is 0 Å². The number of nitrogens with two attached hydrogens (primary N) is 1. The molecule has 0 aliphatic heterocycles. The zero-order valence-corrected chi connectivity index (χ0v) is 10.4. The van der Waals surface area contributed by atoms with Gasteiger partial charge in [-0.15, -0.1) is 0 Å². The van der Waals surface area contributed by atoms with Crippen LogP contribution in [0.15, 0.2) is 12.1 Å². The lowest BCUT2D eigenvalue weighted by atomic mass is 10.1. The fraction of sp³-hybridized carbons (Fsp3) is 0.364. The molecule has 7 nitrogen and oxygen atoms in total. The molecule has 7 heteroatoms. The summed E-state index contributed by atoms with van der Waals surface area (Å²) in [6.45, 7) is 4.90. The van der Waals surface area contributed by atoms with Crippen molar-refractivity contribution in [3.8, 4) is 5.75 Å². The summed E-state index contributed by atoms with van der Waals surface area (Å²) < 4.78 is 5.31. The second kappa shape index (κ2) is 5.46. The molecular weight excluding hydrogens is 238 g/mol. The van der Waals surface area contributed by atoms with Gasteiger partial charge in [-0.3, -0.25) is 20.3 Å². The highest BCUT2D eigenvalue weighted by Gasteiger charge is 2.23. The predicted octanol–water partition coefficient (Wildman–Crippen LogP) is 0.969. The lowest BCUT2D eigenvalue weighted by Crippen LogP contribution is -2.40. The van der Waals surface area contributed by atoms with Crippen molar-refractivity contribution in [1.82, 2.24) is 5.43 Å². The summed E-state index contributed by atoms with van der Waals surface area (Å²) in [5.74, 6) is 4.51. The van der Waals surface area contributed by atoms with Crippen LogP contribution < -0.4 is 16.0 Å². The molecule has 0 bridgehead atoms. The van der Waals surface area contributed by atoms with E-state index in [-0.39, 0.29) is 11.4 Å². The molecule has 0 radical (unpaired) electrons. The van der Waals surface area contributed by atoms with Crippen LogP contribution in [0, 0.1) is 24.0 Å². The Kier molecular flexibility index (Phi) is 4.22. The van der Waals surface area contributed by atoms with Crippen LogP contribution in [0.3, 0.4) is 0 Å². The fourth-order valence-electron chi connectivity index (χ4n) is 1.57. The van der Waals surface area contributed by atoms with Gasteiger partial charge in [0.15, 0.2) is 6.10 Å². The minimum atomic E-state index is -0.907. The van der Waals surface area contributed by atoms with Crippen LogP contribution in [0.2, 0.25) is 0 Å². The van der Waals surface area contributed by atoms with Crippen molar-refractivity contribution in [2.24, 2.45) is 5.84 Å². The molecule has 0 saturated carbocycles. The Bertz CT molecular complexity index is 487. The Morgan fingerprint density at radius 3 is 2.61 bits per heavy atom. The summed E-state index contributed by atoms with van der Waals surface area (Å²) in [5.41, 5.74) is 3.12. The third-order valence-electron chi connectivity index (χ3n) is 2.40. The molecule has 1 aromatic carbocycles. The summed E-state index contributed by atoms with van der Waals surface area (Å²) in [5, 5.41) is 10.9. The van der Waals surface area contributed by atoms with E-state index in [9.17, 15) is 14.9 Å². The molecule has 0 heterocycles. The van der Waals surface area contributed by atoms with Crippen molar-refractivity contribution in [2.75, 3.05) is 0 Å². The quantitative estimate of drug-likeness (QED) is 0.360. The molecule has 1 rings (SSSR count). The first-order chi connectivity index (χ1) is 8.36. The summed E-state index contributed by atoms with van der Waals surface area (Å²) >= 11 is 0. The maximum absolute atomic E-state index is 11.2. The molecule has 98 valence electrons. The summed E-state index contributed by atoms with van der Waals surface area (Å²) in [6, 6.07) is 3.14. The van der Waals surface area contributed by atoms with Gasteiger partial charge in [0.25, 0.3) is 5.91 Å². The zero-order valence-electron chi connectivity index (χ0n) is 10.4. The molecular formula is C11H15N3O4. The third kappa shape index (κ3) is 2.95. The Balaban J connectivity index is 3.15. The van der Waals surface area contributed by atoms with E-state index in [1.54, 1.807) is 19.9 Å². The number of benzene rings is 1. The SMILES string of the molecule is Cc1cc(C)c(OC(C)C(=O)NN)c([N+](=O)[O-])c1. The number of nitrogens with zero attached hydrogens (tertiary/aromatic N) is 1. The molecule has 1 unspecified atom stereocenters. The van der Waals surface area contributed by atoms with Crippen molar-refractivity contribution in [2.45, 2.75) is 26.9 Å². The maximum atomic E-state index is 11.2. The second-order valence-corrected chi connectivity index (χ2v) is 3.96. The topological polar surface area (TPSA) is 107 Å². The molecule has 0 aliphatic rings. The van der Waals surface area contributed by atoms with Crippen LogP contribution in [-0.2, 0) is 4.79 Å². The van der Waals surface area contributed by atoms with E-state index < -0.39 is 16.9 Å². The number of nitro benzene ring substituents is 1. The van der Waals surface area contributed by atoms with Crippen LogP contribution in [0.5, 0.6) is 5.75 Å². The number of carbonyl (C=O) groups excluding carboxylic acids is 1. The number of ether oxygens (including phenoxy) is 1. The molecule has 0 aliphatic carbocycles.